The first-order valence-electron chi connectivity index (χ1n) is 9.43. The van der Waals surface area contributed by atoms with Crippen LogP contribution in [0.3, 0.4) is 0 Å². The number of ether oxygens (including phenoxy) is 1. The molecule has 3 N–H and O–H groups in total. The molecule has 0 bridgehead atoms. The molecule has 7 nitrogen and oxygen atoms in total. The molecule has 0 unspecified atom stereocenters. The van der Waals surface area contributed by atoms with E-state index in [-0.39, 0.29) is 16.8 Å². The molecule has 3 aromatic rings. The largest absolute Gasteiger partial charge is 0.496 e. The molecule has 0 radical (unpaired) electrons. The van der Waals surface area contributed by atoms with Crippen molar-refractivity contribution < 1.29 is 28.6 Å². The number of nitrogens with one attached hydrogen (secondary N) is 2. The highest BCUT2D eigenvalue weighted by Gasteiger charge is 2.18. The molecule has 8 heteroatoms. The highest BCUT2D eigenvalue weighted by Crippen LogP contribution is 2.18. The van der Waals surface area contributed by atoms with Gasteiger partial charge in [-0.15, -0.1) is 0 Å². The lowest BCUT2D eigenvalue weighted by molar-refractivity contribution is -0.113. The summed E-state index contributed by atoms with van der Waals surface area (Å²) in [5.41, 5.74) is 0.998. The van der Waals surface area contributed by atoms with E-state index in [1.165, 1.54) is 61.7 Å². The number of rotatable bonds is 7. The van der Waals surface area contributed by atoms with Crippen LogP contribution in [0.1, 0.15) is 26.3 Å². The second-order valence-corrected chi connectivity index (χ2v) is 6.60. The van der Waals surface area contributed by atoms with Crippen molar-refractivity contribution >= 4 is 29.5 Å². The van der Waals surface area contributed by atoms with Crippen LogP contribution in [0.25, 0.3) is 6.08 Å². The summed E-state index contributed by atoms with van der Waals surface area (Å²) in [6.45, 7) is 0. The minimum absolute atomic E-state index is 0.0644. The van der Waals surface area contributed by atoms with Crippen molar-refractivity contribution in [3.63, 3.8) is 0 Å². The Kier molecular flexibility index (Phi) is 6.97. The van der Waals surface area contributed by atoms with Crippen LogP contribution in [-0.2, 0) is 4.79 Å². The van der Waals surface area contributed by atoms with Crippen LogP contribution in [0.2, 0.25) is 0 Å². The SMILES string of the molecule is COc1ccccc1C(=O)NC(=Cc1ccc(F)cc1)C(=O)Nc1ccc(C(=O)O)cc1. The number of methoxy groups -OCH3 is 1. The van der Waals surface area contributed by atoms with Crippen molar-refractivity contribution in [2.75, 3.05) is 12.4 Å². The summed E-state index contributed by atoms with van der Waals surface area (Å²) < 4.78 is 18.4. The molecule has 0 aliphatic rings. The number of carbonyl (C=O) groups is 3. The molecule has 3 rings (SSSR count). The number of carbonyl (C=O) groups excluding carboxylic acids is 2. The van der Waals surface area contributed by atoms with Gasteiger partial charge in [-0.2, -0.15) is 0 Å². The van der Waals surface area contributed by atoms with E-state index in [9.17, 15) is 18.8 Å². The number of hydrogen-bond acceptors (Lipinski definition) is 4. The number of hydrogen-bond donors (Lipinski definition) is 3. The number of halogens is 1. The third-order valence-electron chi connectivity index (χ3n) is 4.42. The normalized spacial score (nSPS) is 10.9. The number of amides is 2. The van der Waals surface area contributed by atoms with Gasteiger partial charge in [0, 0.05) is 5.69 Å². The van der Waals surface area contributed by atoms with Gasteiger partial charge < -0.3 is 20.5 Å². The minimum Gasteiger partial charge on any atom is -0.496 e. The van der Waals surface area contributed by atoms with E-state index in [1.807, 2.05) is 0 Å². The summed E-state index contributed by atoms with van der Waals surface area (Å²) >= 11 is 0. The molecular formula is C24H19FN2O5. The quantitative estimate of drug-likeness (QED) is 0.489. The Morgan fingerprint density at radius 3 is 2.22 bits per heavy atom. The fourth-order valence-electron chi connectivity index (χ4n) is 2.80. The Labute approximate surface area is 183 Å². The summed E-state index contributed by atoms with van der Waals surface area (Å²) in [5.74, 6) is -2.43. The van der Waals surface area contributed by atoms with Crippen LogP contribution in [0.5, 0.6) is 5.75 Å². The number of para-hydroxylation sites is 1. The smallest absolute Gasteiger partial charge is 0.335 e. The van der Waals surface area contributed by atoms with E-state index in [1.54, 1.807) is 24.3 Å². The van der Waals surface area contributed by atoms with Crippen molar-refractivity contribution in [3.05, 3.63) is 101 Å². The lowest BCUT2D eigenvalue weighted by Crippen LogP contribution is -2.31. The molecule has 0 heterocycles. The summed E-state index contributed by atoms with van der Waals surface area (Å²) in [4.78, 5) is 36.7. The van der Waals surface area contributed by atoms with Gasteiger partial charge in [0.2, 0.25) is 0 Å². The predicted octanol–water partition coefficient (Wildman–Crippen LogP) is 3.94. The zero-order valence-corrected chi connectivity index (χ0v) is 17.0. The van der Waals surface area contributed by atoms with E-state index in [0.29, 0.717) is 17.0 Å². The second-order valence-electron chi connectivity index (χ2n) is 6.60. The van der Waals surface area contributed by atoms with Gasteiger partial charge in [-0.3, -0.25) is 9.59 Å². The zero-order valence-electron chi connectivity index (χ0n) is 17.0. The Bertz CT molecular complexity index is 1170. The molecule has 32 heavy (non-hydrogen) atoms. The van der Waals surface area contributed by atoms with Gasteiger partial charge in [-0.25, -0.2) is 9.18 Å². The van der Waals surface area contributed by atoms with Crippen LogP contribution in [0.15, 0.2) is 78.5 Å². The summed E-state index contributed by atoms with van der Waals surface area (Å²) in [7, 11) is 1.43. The summed E-state index contributed by atoms with van der Waals surface area (Å²) in [6.07, 6.45) is 1.40. The minimum atomic E-state index is -1.09. The van der Waals surface area contributed by atoms with E-state index in [4.69, 9.17) is 9.84 Å². The number of carboxylic acids is 1. The Morgan fingerprint density at radius 2 is 1.59 bits per heavy atom. The van der Waals surface area contributed by atoms with E-state index in [2.05, 4.69) is 10.6 Å². The predicted molar refractivity (Wildman–Crippen MR) is 117 cm³/mol. The fraction of sp³-hybridized carbons (Fsp3) is 0.0417. The van der Waals surface area contributed by atoms with Gasteiger partial charge in [0.25, 0.3) is 11.8 Å². The Balaban J connectivity index is 1.89. The molecule has 0 atom stereocenters. The molecule has 162 valence electrons. The van der Waals surface area contributed by atoms with Crippen LogP contribution in [-0.4, -0.2) is 30.0 Å². The first-order chi connectivity index (χ1) is 15.4. The average Bonchev–Trinajstić information content (AvgIpc) is 2.80. The van der Waals surface area contributed by atoms with E-state index < -0.39 is 23.6 Å². The number of benzene rings is 3. The van der Waals surface area contributed by atoms with Crippen LogP contribution in [0, 0.1) is 5.82 Å². The standard InChI is InChI=1S/C24H19FN2O5/c1-32-21-5-3-2-4-19(21)22(28)27-20(14-15-6-10-17(25)11-7-15)23(29)26-18-12-8-16(9-13-18)24(30)31/h2-14H,1H3,(H,26,29)(H,27,28)(H,30,31). The van der Waals surface area contributed by atoms with Gasteiger partial charge >= 0.3 is 5.97 Å². The molecule has 0 fully saturated rings. The maximum Gasteiger partial charge on any atom is 0.335 e. The van der Waals surface area contributed by atoms with Crippen LogP contribution >= 0.6 is 0 Å². The molecule has 0 spiro atoms. The number of carboxylic acid groups (broad SMARTS) is 1. The van der Waals surface area contributed by atoms with Gasteiger partial charge in [-0.1, -0.05) is 24.3 Å². The van der Waals surface area contributed by atoms with Crippen molar-refractivity contribution in [3.8, 4) is 5.75 Å². The van der Waals surface area contributed by atoms with E-state index in [0.717, 1.165) is 0 Å². The van der Waals surface area contributed by atoms with Crippen LogP contribution < -0.4 is 15.4 Å². The Morgan fingerprint density at radius 1 is 0.938 bits per heavy atom. The van der Waals surface area contributed by atoms with Crippen molar-refractivity contribution in [1.29, 1.82) is 0 Å². The van der Waals surface area contributed by atoms with Gasteiger partial charge in [-0.05, 0) is 60.2 Å². The molecule has 0 aromatic heterocycles. The third-order valence-corrected chi connectivity index (χ3v) is 4.42. The van der Waals surface area contributed by atoms with Gasteiger partial charge in [0.1, 0.15) is 17.3 Å². The maximum atomic E-state index is 13.2. The number of anilines is 1. The molecule has 0 aliphatic carbocycles. The second kappa shape index (κ2) is 10.0. The maximum absolute atomic E-state index is 13.2. The highest BCUT2D eigenvalue weighted by atomic mass is 19.1. The van der Waals surface area contributed by atoms with Crippen molar-refractivity contribution in [1.82, 2.24) is 5.32 Å². The monoisotopic (exact) mass is 434 g/mol. The van der Waals surface area contributed by atoms with Gasteiger partial charge in [0.15, 0.2) is 0 Å². The molecule has 0 saturated carbocycles. The van der Waals surface area contributed by atoms with Crippen molar-refractivity contribution in [2.45, 2.75) is 0 Å². The Hall–Kier alpha value is -4.46. The third kappa shape index (κ3) is 5.57. The number of aromatic carboxylic acids is 1. The lowest BCUT2D eigenvalue weighted by atomic mass is 10.1. The van der Waals surface area contributed by atoms with Gasteiger partial charge in [0.05, 0.1) is 18.2 Å². The van der Waals surface area contributed by atoms with Crippen LogP contribution in [0.4, 0.5) is 10.1 Å². The van der Waals surface area contributed by atoms with E-state index >= 15 is 0 Å². The molecular weight excluding hydrogens is 415 g/mol. The van der Waals surface area contributed by atoms with Crippen molar-refractivity contribution in [2.24, 2.45) is 0 Å². The topological polar surface area (TPSA) is 105 Å². The lowest BCUT2D eigenvalue weighted by Gasteiger charge is -2.13. The molecule has 0 saturated heterocycles. The molecule has 3 aromatic carbocycles. The average molecular weight is 434 g/mol. The first kappa shape index (κ1) is 22.2. The molecule has 0 aliphatic heterocycles. The fourth-order valence-corrected chi connectivity index (χ4v) is 2.80. The summed E-state index contributed by atoms with van der Waals surface area (Å²) in [5, 5.41) is 14.2. The summed E-state index contributed by atoms with van der Waals surface area (Å²) in [6, 6.07) is 17.4. The zero-order chi connectivity index (χ0) is 23.1. The highest BCUT2D eigenvalue weighted by molar-refractivity contribution is 6.11. The first-order valence-corrected chi connectivity index (χ1v) is 9.43. The molecule has 2 amide bonds.